The summed E-state index contributed by atoms with van der Waals surface area (Å²) in [6, 6.07) is 5.83. The number of H-pyrrole nitrogens is 1. The maximum Gasteiger partial charge on any atom is 0.326 e. The third-order valence-electron chi connectivity index (χ3n) is 5.27. The van der Waals surface area contributed by atoms with Crippen LogP contribution in [0.4, 0.5) is 11.6 Å². The first-order valence-corrected chi connectivity index (χ1v) is 9.87. The van der Waals surface area contributed by atoms with Crippen LogP contribution in [0.15, 0.2) is 29.2 Å². The molecule has 4 N–H and O–H groups in total. The minimum absolute atomic E-state index is 0.196. The molecule has 1 aliphatic heterocycles. The fourth-order valence-corrected chi connectivity index (χ4v) is 3.79. The van der Waals surface area contributed by atoms with Gasteiger partial charge in [-0.1, -0.05) is 12.5 Å². The number of nitrogens with zero attached hydrogens (tertiary/aromatic N) is 4. The lowest BCUT2D eigenvalue weighted by atomic mass is 10.1. The maximum absolute atomic E-state index is 12.4. The van der Waals surface area contributed by atoms with E-state index >= 15 is 0 Å². The van der Waals surface area contributed by atoms with Gasteiger partial charge in [-0.2, -0.15) is 0 Å². The summed E-state index contributed by atoms with van der Waals surface area (Å²) in [4.78, 5) is 26.3. The molecule has 3 aromatic rings. The van der Waals surface area contributed by atoms with Gasteiger partial charge in [0.15, 0.2) is 0 Å². The molecule has 148 valence electrons. The van der Waals surface area contributed by atoms with Crippen molar-refractivity contribution in [2.45, 2.75) is 32.7 Å². The van der Waals surface area contributed by atoms with Crippen molar-refractivity contribution in [2.75, 3.05) is 37.2 Å². The van der Waals surface area contributed by atoms with Crippen molar-refractivity contribution >= 4 is 22.7 Å². The number of fused-ring (bicyclic) bond motifs is 1. The number of nitrogen functional groups attached to an aromatic ring is 1. The fourth-order valence-electron chi connectivity index (χ4n) is 3.79. The molecule has 0 unspecified atom stereocenters. The Morgan fingerprint density at radius 2 is 2.07 bits per heavy atom. The molecule has 1 saturated heterocycles. The van der Waals surface area contributed by atoms with Gasteiger partial charge in [0.1, 0.15) is 17.2 Å². The molecule has 28 heavy (non-hydrogen) atoms. The van der Waals surface area contributed by atoms with Crippen LogP contribution in [0.5, 0.6) is 0 Å². The summed E-state index contributed by atoms with van der Waals surface area (Å²) in [7, 11) is 0. The molecule has 0 radical (unpaired) electrons. The molecule has 0 amide bonds. The zero-order valence-corrected chi connectivity index (χ0v) is 16.2. The highest BCUT2D eigenvalue weighted by molar-refractivity contribution is 5.85. The number of hydrogen-bond acceptors (Lipinski definition) is 6. The van der Waals surface area contributed by atoms with E-state index in [1.165, 1.54) is 32.4 Å². The maximum atomic E-state index is 12.4. The highest BCUT2D eigenvalue weighted by atomic mass is 16.1. The molecular formula is C20H27N7O. The third kappa shape index (κ3) is 4.01. The fraction of sp³-hybridized carbons (Fsp3) is 0.450. The third-order valence-corrected chi connectivity index (χ3v) is 5.27. The van der Waals surface area contributed by atoms with Gasteiger partial charge in [-0.3, -0.25) is 4.57 Å². The number of pyridine rings is 2. The number of nitrogens with two attached hydrogens (primary N) is 1. The van der Waals surface area contributed by atoms with Gasteiger partial charge in [-0.25, -0.2) is 14.8 Å². The number of nitrogens with one attached hydrogen (secondary N) is 2. The molecular weight excluding hydrogens is 354 g/mol. The van der Waals surface area contributed by atoms with Crippen LogP contribution in [0.3, 0.4) is 0 Å². The number of anilines is 2. The van der Waals surface area contributed by atoms with E-state index in [0.29, 0.717) is 17.9 Å². The molecule has 0 saturated carbocycles. The van der Waals surface area contributed by atoms with Crippen LogP contribution in [0, 0.1) is 6.92 Å². The van der Waals surface area contributed by atoms with Crippen LogP contribution in [0.2, 0.25) is 0 Å². The lowest BCUT2D eigenvalue weighted by molar-refractivity contribution is 0.237. The van der Waals surface area contributed by atoms with E-state index in [2.05, 4.69) is 25.2 Å². The number of hydrogen-bond donors (Lipinski definition) is 3. The van der Waals surface area contributed by atoms with Gasteiger partial charge in [0, 0.05) is 25.0 Å². The highest BCUT2D eigenvalue weighted by Gasteiger charge is 2.12. The van der Waals surface area contributed by atoms with Gasteiger partial charge in [0.05, 0.1) is 12.1 Å². The number of imidazole rings is 1. The molecule has 8 heteroatoms. The van der Waals surface area contributed by atoms with E-state index in [1.54, 1.807) is 4.57 Å². The predicted octanol–water partition coefficient (Wildman–Crippen LogP) is 1.96. The summed E-state index contributed by atoms with van der Waals surface area (Å²) in [6.07, 6.45) is 5.78. The Labute approximate surface area is 163 Å². The van der Waals surface area contributed by atoms with Gasteiger partial charge in [-0.05, 0) is 50.6 Å². The van der Waals surface area contributed by atoms with Crippen LogP contribution in [-0.4, -0.2) is 50.6 Å². The number of rotatable bonds is 6. The van der Waals surface area contributed by atoms with E-state index < -0.39 is 0 Å². The normalized spacial score (nSPS) is 15.2. The smallest absolute Gasteiger partial charge is 0.326 e. The number of piperidine rings is 1. The molecule has 3 aromatic heterocycles. The summed E-state index contributed by atoms with van der Waals surface area (Å²) >= 11 is 0. The SMILES string of the molecule is Cc1cc2c([nH]c(=O)n2Cc2ccc(NCCN3CCCCC3)nc2)c(N)n1. The molecule has 0 aliphatic carbocycles. The van der Waals surface area contributed by atoms with Gasteiger partial charge < -0.3 is 20.9 Å². The number of likely N-dealkylation sites (tertiary alicyclic amines) is 1. The number of aryl methyl sites for hydroxylation is 1. The van der Waals surface area contributed by atoms with Crippen molar-refractivity contribution in [2.24, 2.45) is 0 Å². The molecule has 0 bridgehead atoms. The number of aromatic amines is 1. The Balaban J connectivity index is 1.41. The van der Waals surface area contributed by atoms with Gasteiger partial charge in [-0.15, -0.1) is 0 Å². The quantitative estimate of drug-likeness (QED) is 0.603. The zero-order chi connectivity index (χ0) is 19.5. The van der Waals surface area contributed by atoms with E-state index in [4.69, 9.17) is 5.73 Å². The average molecular weight is 381 g/mol. The molecule has 1 fully saturated rings. The summed E-state index contributed by atoms with van der Waals surface area (Å²) in [5.41, 5.74) is 8.82. The second-order valence-electron chi connectivity index (χ2n) is 7.44. The van der Waals surface area contributed by atoms with Crippen LogP contribution >= 0.6 is 0 Å². The molecule has 4 rings (SSSR count). The lowest BCUT2D eigenvalue weighted by Crippen LogP contribution is -2.33. The molecule has 4 heterocycles. The summed E-state index contributed by atoms with van der Waals surface area (Å²) in [6.45, 7) is 6.63. The minimum Gasteiger partial charge on any atom is -0.382 e. The molecule has 0 spiro atoms. The Kier molecular flexibility index (Phi) is 5.29. The van der Waals surface area contributed by atoms with E-state index in [0.717, 1.165) is 35.7 Å². The van der Waals surface area contributed by atoms with Crippen molar-refractivity contribution in [3.63, 3.8) is 0 Å². The zero-order valence-electron chi connectivity index (χ0n) is 16.2. The lowest BCUT2D eigenvalue weighted by Gasteiger charge is -2.26. The highest BCUT2D eigenvalue weighted by Crippen LogP contribution is 2.18. The van der Waals surface area contributed by atoms with Gasteiger partial charge >= 0.3 is 5.69 Å². The first kappa shape index (κ1) is 18.5. The minimum atomic E-state index is -0.196. The van der Waals surface area contributed by atoms with Gasteiger partial charge in [0.25, 0.3) is 0 Å². The van der Waals surface area contributed by atoms with E-state index in [-0.39, 0.29) is 5.69 Å². The molecule has 0 atom stereocenters. The predicted molar refractivity (Wildman–Crippen MR) is 112 cm³/mol. The first-order chi connectivity index (χ1) is 13.6. The molecule has 0 aromatic carbocycles. The van der Waals surface area contributed by atoms with Crippen molar-refractivity contribution in [3.05, 3.63) is 46.1 Å². The van der Waals surface area contributed by atoms with Crippen molar-refractivity contribution in [1.82, 2.24) is 24.4 Å². The van der Waals surface area contributed by atoms with Crippen molar-refractivity contribution in [3.8, 4) is 0 Å². The van der Waals surface area contributed by atoms with Crippen LogP contribution in [0.1, 0.15) is 30.5 Å². The Bertz CT molecular complexity index is 1000. The molecule has 1 aliphatic rings. The Morgan fingerprint density at radius 1 is 1.25 bits per heavy atom. The van der Waals surface area contributed by atoms with E-state index in [1.807, 2.05) is 31.3 Å². The second kappa shape index (κ2) is 8.02. The summed E-state index contributed by atoms with van der Waals surface area (Å²) in [5.74, 6) is 1.20. The molecule has 8 nitrogen and oxygen atoms in total. The summed E-state index contributed by atoms with van der Waals surface area (Å²) in [5, 5.41) is 3.38. The number of aromatic nitrogens is 4. The van der Waals surface area contributed by atoms with Crippen LogP contribution in [0.25, 0.3) is 11.0 Å². The Hall–Kier alpha value is -2.87. The first-order valence-electron chi connectivity index (χ1n) is 9.87. The summed E-state index contributed by atoms with van der Waals surface area (Å²) < 4.78 is 1.67. The van der Waals surface area contributed by atoms with Crippen LogP contribution in [-0.2, 0) is 6.54 Å². The average Bonchev–Trinajstić information content (AvgIpc) is 3.00. The van der Waals surface area contributed by atoms with E-state index in [9.17, 15) is 4.79 Å². The topological polar surface area (TPSA) is 105 Å². The van der Waals surface area contributed by atoms with Crippen molar-refractivity contribution < 1.29 is 0 Å². The second-order valence-corrected chi connectivity index (χ2v) is 7.44. The standard InChI is InChI=1S/C20H27N7O/c1-14-11-16-18(19(21)24-14)25-20(28)27(16)13-15-5-6-17(23-12-15)22-7-10-26-8-3-2-4-9-26/h5-6,11-12H,2-4,7-10,13H2,1H3,(H2,21,24)(H,22,23)(H,25,28). The van der Waals surface area contributed by atoms with Crippen LogP contribution < -0.4 is 16.7 Å². The Morgan fingerprint density at radius 3 is 2.82 bits per heavy atom. The largest absolute Gasteiger partial charge is 0.382 e. The van der Waals surface area contributed by atoms with Gasteiger partial charge in [0.2, 0.25) is 0 Å². The van der Waals surface area contributed by atoms with Crippen molar-refractivity contribution in [1.29, 1.82) is 0 Å². The monoisotopic (exact) mass is 381 g/mol.